The molecule has 0 amide bonds. The van der Waals surface area contributed by atoms with Crippen molar-refractivity contribution in [2.24, 2.45) is 5.73 Å². The maximum absolute atomic E-state index is 5.86. The summed E-state index contributed by atoms with van der Waals surface area (Å²) in [6.07, 6.45) is 0.00482. The molecule has 20 heavy (non-hydrogen) atoms. The number of thiocarbonyl (C=S) groups is 1. The Morgan fingerprint density at radius 2 is 1.75 bits per heavy atom. The summed E-state index contributed by atoms with van der Waals surface area (Å²) in [5, 5.41) is 8.46. The number of hydrogen-bond acceptors (Lipinski definition) is 6. The molecule has 0 bridgehead atoms. The van der Waals surface area contributed by atoms with E-state index in [9.17, 15) is 0 Å². The fourth-order valence-electron chi connectivity index (χ4n) is 2.48. The summed E-state index contributed by atoms with van der Waals surface area (Å²) in [6.45, 7) is 5.22. The van der Waals surface area contributed by atoms with Crippen LogP contribution in [-0.4, -0.2) is 54.7 Å². The fourth-order valence-corrected chi connectivity index (χ4v) is 2.73. The van der Waals surface area contributed by atoms with Gasteiger partial charge in [0.15, 0.2) is 5.82 Å². The van der Waals surface area contributed by atoms with Crippen LogP contribution < -0.4 is 10.6 Å². The Kier molecular flexibility index (Phi) is 4.52. The molecule has 0 saturated carbocycles. The molecular formula is C13H20N4O2S. The number of nitrogens with two attached hydrogens (primary N) is 1. The molecule has 0 radical (unpaired) electrons. The molecule has 2 rings (SSSR count). The first-order valence-corrected chi connectivity index (χ1v) is 6.84. The number of hydrogen-bond donors (Lipinski definition) is 1. The van der Waals surface area contributed by atoms with Gasteiger partial charge in [0.05, 0.1) is 11.3 Å². The van der Waals surface area contributed by atoms with Gasteiger partial charge in [-0.05, 0) is 19.4 Å². The highest BCUT2D eigenvalue weighted by Gasteiger charge is 2.35. The Labute approximate surface area is 124 Å². The zero-order valence-electron chi connectivity index (χ0n) is 12.2. The van der Waals surface area contributed by atoms with E-state index >= 15 is 0 Å². The number of methoxy groups -OCH3 is 2. The zero-order valence-corrected chi connectivity index (χ0v) is 13.0. The second-order valence-corrected chi connectivity index (χ2v) is 5.37. The Morgan fingerprint density at radius 1 is 1.20 bits per heavy atom. The van der Waals surface area contributed by atoms with Crippen molar-refractivity contribution >= 4 is 23.0 Å². The van der Waals surface area contributed by atoms with Crippen LogP contribution in [0.5, 0.6) is 0 Å². The van der Waals surface area contributed by atoms with Gasteiger partial charge in [0.2, 0.25) is 0 Å². The summed E-state index contributed by atoms with van der Waals surface area (Å²) >= 11 is 5.17. The van der Waals surface area contributed by atoms with Crippen LogP contribution in [0.25, 0.3) is 0 Å². The minimum Gasteiger partial charge on any atom is -0.389 e. The van der Waals surface area contributed by atoms with Crippen LogP contribution >= 0.6 is 12.2 Å². The molecule has 1 aromatic heterocycles. The Hall–Kier alpha value is -1.31. The summed E-state index contributed by atoms with van der Waals surface area (Å²) in [4.78, 5) is 2.40. The number of aromatic nitrogens is 2. The molecular weight excluding hydrogens is 276 g/mol. The van der Waals surface area contributed by atoms with Crippen molar-refractivity contribution in [2.75, 3.05) is 32.2 Å². The summed E-state index contributed by atoms with van der Waals surface area (Å²) < 4.78 is 10.9. The molecule has 6 nitrogen and oxygen atoms in total. The summed E-state index contributed by atoms with van der Waals surface area (Å²) in [5.74, 6) is 0.710. The fraction of sp³-hybridized carbons (Fsp3) is 0.615. The van der Waals surface area contributed by atoms with Crippen LogP contribution in [0.2, 0.25) is 0 Å². The lowest BCUT2D eigenvalue weighted by Crippen LogP contribution is -2.28. The van der Waals surface area contributed by atoms with Crippen LogP contribution in [0.3, 0.4) is 0 Å². The Morgan fingerprint density at radius 3 is 2.20 bits per heavy atom. The molecule has 1 aromatic rings. The van der Waals surface area contributed by atoms with Crippen LogP contribution in [0.15, 0.2) is 0 Å². The van der Waals surface area contributed by atoms with Crippen LogP contribution in [-0.2, 0) is 9.47 Å². The minimum absolute atomic E-state index is 0.00241. The van der Waals surface area contributed by atoms with Crippen molar-refractivity contribution in [1.29, 1.82) is 0 Å². The third-order valence-electron chi connectivity index (χ3n) is 3.80. The van der Waals surface area contributed by atoms with E-state index in [1.807, 2.05) is 13.8 Å². The molecule has 2 atom stereocenters. The number of anilines is 1. The second kappa shape index (κ2) is 5.99. The number of nitrogens with zero attached hydrogens (tertiary/aromatic N) is 3. The smallest absolute Gasteiger partial charge is 0.162 e. The molecule has 7 heteroatoms. The van der Waals surface area contributed by atoms with E-state index in [4.69, 9.17) is 27.4 Å². The predicted octanol–water partition coefficient (Wildman–Crippen LogP) is 0.578. The Bertz CT molecular complexity index is 511. The maximum atomic E-state index is 5.86. The van der Waals surface area contributed by atoms with E-state index in [0.29, 0.717) is 23.9 Å². The highest BCUT2D eigenvalue weighted by Crippen LogP contribution is 2.27. The van der Waals surface area contributed by atoms with E-state index in [1.165, 1.54) is 0 Å². The lowest BCUT2D eigenvalue weighted by Gasteiger charge is -2.21. The Balaban J connectivity index is 2.39. The third kappa shape index (κ3) is 2.61. The van der Waals surface area contributed by atoms with Crippen molar-refractivity contribution in [3.05, 3.63) is 16.8 Å². The molecule has 110 valence electrons. The molecule has 0 aliphatic carbocycles. The van der Waals surface area contributed by atoms with Gasteiger partial charge in [-0.15, -0.1) is 5.10 Å². The van der Waals surface area contributed by atoms with Gasteiger partial charge in [-0.2, -0.15) is 5.10 Å². The van der Waals surface area contributed by atoms with Gasteiger partial charge >= 0.3 is 0 Å². The quantitative estimate of drug-likeness (QED) is 0.815. The third-order valence-corrected chi connectivity index (χ3v) is 4.01. The highest BCUT2D eigenvalue weighted by atomic mass is 32.1. The molecule has 1 aliphatic heterocycles. The largest absolute Gasteiger partial charge is 0.389 e. The van der Waals surface area contributed by atoms with Crippen molar-refractivity contribution in [2.45, 2.75) is 26.1 Å². The number of rotatable bonds is 4. The molecule has 2 heterocycles. The zero-order chi connectivity index (χ0) is 14.9. The van der Waals surface area contributed by atoms with Crippen molar-refractivity contribution < 1.29 is 9.47 Å². The summed E-state index contributed by atoms with van der Waals surface area (Å²) in [5.41, 5.74) is 8.46. The van der Waals surface area contributed by atoms with Crippen molar-refractivity contribution in [3.8, 4) is 0 Å². The van der Waals surface area contributed by atoms with Crippen LogP contribution in [0.1, 0.15) is 16.8 Å². The minimum atomic E-state index is 0.00241. The highest BCUT2D eigenvalue weighted by molar-refractivity contribution is 7.80. The predicted molar refractivity (Wildman–Crippen MR) is 81.2 cm³/mol. The van der Waals surface area contributed by atoms with Gasteiger partial charge in [-0.1, -0.05) is 12.2 Å². The summed E-state index contributed by atoms with van der Waals surface area (Å²) in [6, 6.07) is 0. The normalized spacial score (nSPS) is 22.3. The monoisotopic (exact) mass is 296 g/mol. The molecule has 2 unspecified atom stereocenters. The van der Waals surface area contributed by atoms with Crippen LogP contribution in [0.4, 0.5) is 5.82 Å². The number of aryl methyl sites for hydroxylation is 1. The molecule has 0 aromatic carbocycles. The van der Waals surface area contributed by atoms with Crippen LogP contribution in [0, 0.1) is 13.8 Å². The lowest BCUT2D eigenvalue weighted by molar-refractivity contribution is -0.00461. The lowest BCUT2D eigenvalue weighted by atomic mass is 10.1. The van der Waals surface area contributed by atoms with Gasteiger partial charge in [0.25, 0.3) is 0 Å². The standard InChI is InChI=1S/C13H20N4O2S/c1-7-8(2)15-16-13(11(7)12(14)20)17-5-9(18-3)10(6-17)19-4/h9-10H,5-6H2,1-4H3,(H2,14,20). The van der Waals surface area contributed by atoms with Gasteiger partial charge in [0.1, 0.15) is 17.2 Å². The van der Waals surface area contributed by atoms with Gasteiger partial charge < -0.3 is 20.1 Å². The maximum Gasteiger partial charge on any atom is 0.162 e. The van der Waals surface area contributed by atoms with Crippen molar-refractivity contribution in [1.82, 2.24) is 10.2 Å². The first kappa shape index (κ1) is 15.1. The van der Waals surface area contributed by atoms with Gasteiger partial charge in [-0.3, -0.25) is 0 Å². The molecule has 2 N–H and O–H groups in total. The summed E-state index contributed by atoms with van der Waals surface area (Å²) in [7, 11) is 3.36. The van der Waals surface area contributed by atoms with E-state index in [0.717, 1.165) is 16.8 Å². The van der Waals surface area contributed by atoms with E-state index in [1.54, 1.807) is 14.2 Å². The molecule has 1 fully saturated rings. The first-order valence-electron chi connectivity index (χ1n) is 6.43. The molecule has 1 aliphatic rings. The van der Waals surface area contributed by atoms with E-state index in [2.05, 4.69) is 15.1 Å². The van der Waals surface area contributed by atoms with Gasteiger partial charge in [0, 0.05) is 27.3 Å². The molecule has 0 spiro atoms. The first-order chi connectivity index (χ1) is 9.49. The topological polar surface area (TPSA) is 73.5 Å². The van der Waals surface area contributed by atoms with E-state index in [-0.39, 0.29) is 12.2 Å². The SMILES string of the molecule is COC1CN(c2nnc(C)c(C)c2C(N)=S)CC1OC. The number of ether oxygens (including phenoxy) is 2. The average Bonchev–Trinajstić information content (AvgIpc) is 2.84. The molecule has 1 saturated heterocycles. The van der Waals surface area contributed by atoms with E-state index < -0.39 is 0 Å². The van der Waals surface area contributed by atoms with Crippen molar-refractivity contribution in [3.63, 3.8) is 0 Å². The second-order valence-electron chi connectivity index (χ2n) is 4.93. The van der Waals surface area contributed by atoms with Gasteiger partial charge in [-0.25, -0.2) is 0 Å². The average molecular weight is 296 g/mol.